The molecule has 0 fully saturated rings. The predicted octanol–water partition coefficient (Wildman–Crippen LogP) is 4.84. The number of ether oxygens (including phenoxy) is 1. The first-order chi connectivity index (χ1) is 13.3. The number of rotatable bonds is 9. The molecule has 7 heteroatoms. The summed E-state index contributed by atoms with van der Waals surface area (Å²) in [6.07, 6.45) is 1.54. The van der Waals surface area contributed by atoms with Crippen LogP contribution >= 0.6 is 23.5 Å². The molecule has 0 saturated carbocycles. The van der Waals surface area contributed by atoms with Crippen molar-refractivity contribution in [1.29, 1.82) is 0 Å². The molecular weight excluding hydrogens is 396 g/mol. The van der Waals surface area contributed by atoms with Crippen LogP contribution in [0.15, 0.2) is 71.3 Å². The van der Waals surface area contributed by atoms with Gasteiger partial charge in [0, 0.05) is 22.4 Å². The number of allylic oxidation sites excluding steroid dienone is 3. The highest BCUT2D eigenvalue weighted by atomic mass is 35.5. The topological polar surface area (TPSA) is 75.2 Å². The lowest BCUT2D eigenvalue weighted by atomic mass is 10.0. The van der Waals surface area contributed by atoms with E-state index in [0.717, 1.165) is 16.1 Å². The SMILES string of the molecule is C=C/C(C(=O)c1cc(Cl)ccc1NSc1ccc(OC(C)C)cc1)=C(/C)[NH2+]O. The van der Waals surface area contributed by atoms with Crippen molar-refractivity contribution in [2.75, 3.05) is 4.72 Å². The molecule has 0 aliphatic rings. The molecule has 0 aliphatic carbocycles. The molecule has 2 aromatic rings. The summed E-state index contributed by atoms with van der Waals surface area (Å²) < 4.78 is 8.84. The Morgan fingerprint density at radius 1 is 1.29 bits per heavy atom. The molecule has 0 atom stereocenters. The molecule has 0 radical (unpaired) electrons. The van der Waals surface area contributed by atoms with E-state index in [1.807, 2.05) is 38.1 Å². The lowest BCUT2D eigenvalue weighted by Gasteiger charge is -2.13. The fourth-order valence-electron chi connectivity index (χ4n) is 2.41. The Morgan fingerprint density at radius 2 is 1.96 bits per heavy atom. The standard InChI is InChI=1S/C21H23ClN2O3S/c1-5-18(14(4)23-26)21(25)19-12-15(22)6-11-20(19)24-28-17-9-7-16(8-10-17)27-13(2)3/h5-13,23-24,26H,1H2,2-4H3/p+1/b18-14+. The lowest BCUT2D eigenvalue weighted by Crippen LogP contribution is -2.78. The molecule has 2 aromatic carbocycles. The van der Waals surface area contributed by atoms with Crippen LogP contribution in [-0.4, -0.2) is 17.1 Å². The van der Waals surface area contributed by atoms with E-state index >= 15 is 0 Å². The smallest absolute Gasteiger partial charge is 0.200 e. The monoisotopic (exact) mass is 419 g/mol. The third-order valence-electron chi connectivity index (χ3n) is 3.77. The number of quaternary nitrogens is 1. The van der Waals surface area contributed by atoms with Gasteiger partial charge in [-0.15, -0.1) is 0 Å². The Kier molecular flexibility index (Phi) is 8.14. The molecule has 0 heterocycles. The van der Waals surface area contributed by atoms with Crippen molar-refractivity contribution >= 4 is 35.0 Å². The van der Waals surface area contributed by atoms with E-state index in [2.05, 4.69) is 11.3 Å². The summed E-state index contributed by atoms with van der Waals surface area (Å²) >= 11 is 7.47. The number of carbonyl (C=O) groups excluding carboxylic acids is 1. The van der Waals surface area contributed by atoms with Crippen LogP contribution in [0.4, 0.5) is 5.69 Å². The van der Waals surface area contributed by atoms with Crippen LogP contribution in [0.5, 0.6) is 5.75 Å². The molecule has 2 rings (SSSR count). The van der Waals surface area contributed by atoms with Crippen molar-refractivity contribution < 1.29 is 20.2 Å². The number of nitrogens with two attached hydrogens (primary N) is 1. The van der Waals surface area contributed by atoms with Gasteiger partial charge in [-0.2, -0.15) is 5.48 Å². The minimum Gasteiger partial charge on any atom is -0.491 e. The molecule has 0 unspecified atom stereocenters. The van der Waals surface area contributed by atoms with Crippen molar-refractivity contribution in [3.8, 4) is 5.75 Å². The maximum absolute atomic E-state index is 12.9. The minimum atomic E-state index is -0.274. The highest BCUT2D eigenvalue weighted by Crippen LogP contribution is 2.29. The first kappa shape index (κ1) is 22.0. The van der Waals surface area contributed by atoms with Gasteiger partial charge in [0.15, 0.2) is 0 Å². The van der Waals surface area contributed by atoms with Crippen LogP contribution in [0, 0.1) is 0 Å². The Bertz CT molecular complexity index is 880. The van der Waals surface area contributed by atoms with E-state index in [1.54, 1.807) is 25.1 Å². The van der Waals surface area contributed by atoms with Gasteiger partial charge in [0.2, 0.25) is 5.78 Å². The summed E-state index contributed by atoms with van der Waals surface area (Å²) in [6.45, 7) is 9.27. The van der Waals surface area contributed by atoms with Gasteiger partial charge in [-0.1, -0.05) is 24.3 Å². The molecule has 148 valence electrons. The van der Waals surface area contributed by atoms with E-state index in [0.29, 0.717) is 27.5 Å². The Balaban J connectivity index is 2.23. The van der Waals surface area contributed by atoms with Crippen LogP contribution < -0.4 is 14.9 Å². The third-order valence-corrected chi connectivity index (χ3v) is 4.83. The van der Waals surface area contributed by atoms with Gasteiger partial charge < -0.3 is 9.46 Å². The average Bonchev–Trinajstić information content (AvgIpc) is 2.67. The molecule has 0 saturated heterocycles. The highest BCUT2D eigenvalue weighted by Gasteiger charge is 2.19. The molecule has 4 N–H and O–H groups in total. The minimum absolute atomic E-state index is 0.117. The highest BCUT2D eigenvalue weighted by molar-refractivity contribution is 8.00. The van der Waals surface area contributed by atoms with E-state index in [9.17, 15) is 10.0 Å². The lowest BCUT2D eigenvalue weighted by molar-refractivity contribution is -0.851. The summed E-state index contributed by atoms with van der Waals surface area (Å²) in [5.41, 5.74) is 2.65. The van der Waals surface area contributed by atoms with Crippen molar-refractivity contribution in [2.24, 2.45) is 0 Å². The zero-order chi connectivity index (χ0) is 20.7. The second-order valence-electron chi connectivity index (χ2n) is 6.29. The van der Waals surface area contributed by atoms with Crippen molar-refractivity contribution in [3.05, 3.63) is 77.0 Å². The van der Waals surface area contributed by atoms with Crippen molar-refractivity contribution in [3.63, 3.8) is 0 Å². The van der Waals surface area contributed by atoms with Crippen LogP contribution in [0.2, 0.25) is 5.02 Å². The van der Waals surface area contributed by atoms with Gasteiger partial charge >= 0.3 is 0 Å². The normalized spacial score (nSPS) is 11.8. The van der Waals surface area contributed by atoms with E-state index in [-0.39, 0.29) is 11.9 Å². The summed E-state index contributed by atoms with van der Waals surface area (Å²) in [5.74, 6) is 0.530. The maximum Gasteiger partial charge on any atom is 0.200 e. The number of Topliss-reactive ketones (excluding diaryl/α,β-unsaturated/α-hetero) is 1. The second-order valence-corrected chi connectivity index (χ2v) is 7.61. The van der Waals surface area contributed by atoms with Gasteiger partial charge in [0.05, 0.1) is 17.4 Å². The largest absolute Gasteiger partial charge is 0.491 e. The summed E-state index contributed by atoms with van der Waals surface area (Å²) in [6, 6.07) is 12.7. The molecule has 0 aliphatic heterocycles. The zero-order valence-electron chi connectivity index (χ0n) is 16.0. The number of nitrogens with one attached hydrogen (secondary N) is 1. The van der Waals surface area contributed by atoms with Crippen LogP contribution in [0.3, 0.4) is 0 Å². The molecule has 0 aromatic heterocycles. The number of halogens is 1. The molecule has 0 amide bonds. The summed E-state index contributed by atoms with van der Waals surface area (Å²) in [4.78, 5) is 13.9. The fourth-order valence-corrected chi connectivity index (χ4v) is 3.26. The number of ketones is 1. The molecule has 0 bridgehead atoms. The average molecular weight is 420 g/mol. The summed E-state index contributed by atoms with van der Waals surface area (Å²) in [5, 5.41) is 9.69. The van der Waals surface area contributed by atoms with Gasteiger partial charge in [-0.25, -0.2) is 5.21 Å². The summed E-state index contributed by atoms with van der Waals surface area (Å²) in [7, 11) is 0. The van der Waals surface area contributed by atoms with Gasteiger partial charge in [0.1, 0.15) is 11.4 Å². The number of anilines is 1. The maximum atomic E-state index is 12.9. The van der Waals surface area contributed by atoms with Gasteiger partial charge in [-0.05, 0) is 68.3 Å². The number of hydroxylamine groups is 1. The van der Waals surface area contributed by atoms with Crippen molar-refractivity contribution in [2.45, 2.75) is 31.8 Å². The van der Waals surface area contributed by atoms with Crippen LogP contribution in [0.25, 0.3) is 0 Å². The van der Waals surface area contributed by atoms with E-state index in [4.69, 9.17) is 16.3 Å². The predicted molar refractivity (Wildman–Crippen MR) is 114 cm³/mol. The Hall–Kier alpha value is -2.25. The zero-order valence-corrected chi connectivity index (χ0v) is 17.6. The Morgan fingerprint density at radius 3 is 2.54 bits per heavy atom. The first-order valence-electron chi connectivity index (χ1n) is 8.70. The molecule has 5 nitrogen and oxygen atoms in total. The Labute approximate surface area is 174 Å². The fraction of sp³-hybridized carbons (Fsp3) is 0.190. The molecule has 28 heavy (non-hydrogen) atoms. The third kappa shape index (κ3) is 5.87. The number of hydrogen-bond acceptors (Lipinski definition) is 5. The second kappa shape index (κ2) is 10.3. The number of carbonyl (C=O) groups is 1. The van der Waals surface area contributed by atoms with Crippen LogP contribution in [0.1, 0.15) is 31.1 Å². The number of benzene rings is 2. The van der Waals surface area contributed by atoms with Crippen molar-refractivity contribution in [1.82, 2.24) is 0 Å². The van der Waals surface area contributed by atoms with Crippen LogP contribution in [-0.2, 0) is 0 Å². The first-order valence-corrected chi connectivity index (χ1v) is 9.89. The molecule has 0 spiro atoms. The van der Waals surface area contributed by atoms with E-state index in [1.165, 1.54) is 18.0 Å². The molecular formula is C21H24ClN2O3S+. The number of hydrogen-bond donors (Lipinski definition) is 3. The van der Waals surface area contributed by atoms with Gasteiger partial charge in [-0.3, -0.25) is 4.79 Å². The van der Waals surface area contributed by atoms with E-state index < -0.39 is 0 Å². The van der Waals surface area contributed by atoms with Gasteiger partial charge in [0.25, 0.3) is 0 Å². The quantitative estimate of drug-likeness (QED) is 0.178.